The van der Waals surface area contributed by atoms with E-state index in [2.05, 4.69) is 24.8 Å². The Morgan fingerprint density at radius 2 is 1.83 bits per heavy atom. The first-order chi connectivity index (χ1) is 16.6. The zero-order valence-electron chi connectivity index (χ0n) is 18.5. The molecular weight excluding hydrogens is 489 g/mol. The summed E-state index contributed by atoms with van der Waals surface area (Å²) in [5.74, 6) is 1.10. The van der Waals surface area contributed by atoms with Gasteiger partial charge in [-0.1, -0.05) is 0 Å². The minimum Gasteiger partial charge on any atom is -0.507 e. The Morgan fingerprint density at radius 1 is 1.11 bits per heavy atom. The molecule has 1 fully saturated rings. The summed E-state index contributed by atoms with van der Waals surface area (Å²) in [6, 6.07) is 3.04. The number of rotatable bonds is 9. The maximum Gasteiger partial charge on any atom is 0.469 e. The topological polar surface area (TPSA) is 211 Å². The number of phenols is 1. The molecule has 1 saturated heterocycles. The molecule has 190 valence electrons. The van der Waals surface area contributed by atoms with E-state index in [1.54, 1.807) is 6.07 Å². The van der Waals surface area contributed by atoms with Gasteiger partial charge in [0.25, 0.3) is 0 Å². The molecule has 0 aliphatic carbocycles. The summed E-state index contributed by atoms with van der Waals surface area (Å²) >= 11 is 0. The van der Waals surface area contributed by atoms with Crippen LogP contribution in [0.25, 0.3) is 11.2 Å². The molecule has 3 heterocycles. The lowest BCUT2D eigenvalue weighted by molar-refractivity contribution is -0.0504. The zero-order valence-corrected chi connectivity index (χ0v) is 19.4. The van der Waals surface area contributed by atoms with Crippen LogP contribution in [0, 0.1) is 0 Å². The van der Waals surface area contributed by atoms with Crippen molar-refractivity contribution >= 4 is 24.8 Å². The number of benzene rings is 1. The fraction of sp³-hybridized carbons (Fsp3) is 0.421. The Morgan fingerprint density at radius 3 is 2.51 bits per heavy atom. The second kappa shape index (κ2) is 9.91. The lowest BCUT2D eigenvalue weighted by atomic mass is 10.1. The molecule has 2 aromatic heterocycles. The van der Waals surface area contributed by atoms with Gasteiger partial charge in [0.2, 0.25) is 0 Å². The van der Waals surface area contributed by atoms with Gasteiger partial charge in [-0.15, -0.1) is 0 Å². The van der Waals surface area contributed by atoms with Crippen molar-refractivity contribution in [3.63, 3.8) is 0 Å². The highest BCUT2D eigenvalue weighted by molar-refractivity contribution is 7.46. The molecule has 16 heteroatoms. The van der Waals surface area contributed by atoms with E-state index in [1.807, 2.05) is 0 Å². The number of imidazole rings is 1. The molecule has 0 spiro atoms. The lowest BCUT2D eigenvalue weighted by Crippen LogP contribution is -2.33. The standard InChI is InChI=1S/C19H24N5O10P/c1-31-11-3-9(10(25)4-12(11)32-2)5-20-17-14-18(22-7-21-17)24(8-23-14)19-16(27)15(26)13(34-19)6-33-35(28,29)30/h3-4,7-8,13,15-16,19,25-27H,5-6H2,1-2H3,(H,20,21,22)(H2,28,29,30)/t13-,15-,16-,19-/m1/s1. The predicted molar refractivity (Wildman–Crippen MR) is 118 cm³/mol. The summed E-state index contributed by atoms with van der Waals surface area (Å²) in [6.45, 7) is -0.490. The smallest absolute Gasteiger partial charge is 0.469 e. The first kappa shape index (κ1) is 25.1. The summed E-state index contributed by atoms with van der Waals surface area (Å²) in [4.78, 5) is 30.4. The van der Waals surface area contributed by atoms with Crippen LogP contribution in [-0.4, -0.2) is 83.8 Å². The van der Waals surface area contributed by atoms with E-state index in [-0.39, 0.29) is 17.9 Å². The number of aromatic hydroxyl groups is 1. The molecule has 0 amide bonds. The van der Waals surface area contributed by atoms with Crippen molar-refractivity contribution in [2.45, 2.75) is 31.1 Å². The molecule has 0 radical (unpaired) electrons. The molecule has 4 atom stereocenters. The molecule has 1 aromatic carbocycles. The summed E-state index contributed by atoms with van der Waals surface area (Å²) < 4.78 is 32.7. The fourth-order valence-electron chi connectivity index (χ4n) is 3.67. The van der Waals surface area contributed by atoms with Crippen LogP contribution in [0.4, 0.5) is 5.82 Å². The van der Waals surface area contributed by atoms with E-state index in [1.165, 1.54) is 37.5 Å². The van der Waals surface area contributed by atoms with Crippen LogP contribution in [0.5, 0.6) is 17.2 Å². The predicted octanol–water partition coefficient (Wildman–Crippen LogP) is -0.110. The van der Waals surface area contributed by atoms with E-state index >= 15 is 0 Å². The van der Waals surface area contributed by atoms with Crippen LogP contribution in [0.2, 0.25) is 0 Å². The van der Waals surface area contributed by atoms with Gasteiger partial charge in [0.15, 0.2) is 34.7 Å². The van der Waals surface area contributed by atoms with Gasteiger partial charge >= 0.3 is 7.82 Å². The molecule has 3 aromatic rings. The summed E-state index contributed by atoms with van der Waals surface area (Å²) in [6.07, 6.45) is -2.70. The molecule has 0 unspecified atom stereocenters. The number of hydrogen-bond acceptors (Lipinski definition) is 12. The van der Waals surface area contributed by atoms with Crippen LogP contribution in [0.3, 0.4) is 0 Å². The van der Waals surface area contributed by atoms with Crippen molar-refractivity contribution in [3.8, 4) is 17.2 Å². The van der Waals surface area contributed by atoms with Gasteiger partial charge < -0.3 is 44.6 Å². The molecular formula is C19H24N5O10P. The maximum atomic E-state index is 11.0. The Balaban J connectivity index is 1.55. The molecule has 6 N–H and O–H groups in total. The van der Waals surface area contributed by atoms with Crippen molar-refractivity contribution in [3.05, 3.63) is 30.4 Å². The monoisotopic (exact) mass is 513 g/mol. The Hall–Kier alpha value is -3.04. The van der Waals surface area contributed by atoms with Gasteiger partial charge in [-0.25, -0.2) is 19.5 Å². The number of hydrogen-bond donors (Lipinski definition) is 6. The van der Waals surface area contributed by atoms with Crippen LogP contribution in [0.1, 0.15) is 11.8 Å². The molecule has 1 aliphatic rings. The number of aliphatic hydroxyl groups excluding tert-OH is 2. The number of aromatic nitrogens is 4. The largest absolute Gasteiger partial charge is 0.507 e. The van der Waals surface area contributed by atoms with Gasteiger partial charge in [-0.2, -0.15) is 0 Å². The zero-order chi connectivity index (χ0) is 25.3. The maximum absolute atomic E-state index is 11.0. The summed E-state index contributed by atoms with van der Waals surface area (Å²) in [5, 5.41) is 34.0. The van der Waals surface area contributed by atoms with E-state index in [0.29, 0.717) is 28.4 Å². The van der Waals surface area contributed by atoms with Crippen molar-refractivity contribution in [2.24, 2.45) is 0 Å². The number of anilines is 1. The fourth-order valence-corrected chi connectivity index (χ4v) is 4.01. The molecule has 0 saturated carbocycles. The number of phosphoric ester groups is 1. The molecule has 4 rings (SSSR count). The summed E-state index contributed by atoms with van der Waals surface area (Å²) in [5.41, 5.74) is 1.07. The first-order valence-electron chi connectivity index (χ1n) is 10.2. The van der Waals surface area contributed by atoms with Crippen molar-refractivity contribution < 1.29 is 48.4 Å². The quantitative estimate of drug-likeness (QED) is 0.206. The number of phenolic OH excluding ortho intramolecular Hbond substituents is 1. The number of fused-ring (bicyclic) bond motifs is 1. The van der Waals surface area contributed by atoms with Crippen LogP contribution in [-0.2, 0) is 20.4 Å². The second-order valence-corrected chi connectivity index (χ2v) is 8.81. The van der Waals surface area contributed by atoms with Gasteiger partial charge in [0, 0.05) is 18.2 Å². The molecule has 1 aliphatic heterocycles. The molecule has 0 bridgehead atoms. The van der Waals surface area contributed by atoms with Gasteiger partial charge in [-0.3, -0.25) is 9.09 Å². The van der Waals surface area contributed by atoms with Gasteiger partial charge in [-0.05, 0) is 6.07 Å². The number of methoxy groups -OCH3 is 2. The number of aliphatic hydroxyl groups is 2. The van der Waals surface area contributed by atoms with E-state index in [0.717, 1.165) is 0 Å². The Labute approximate surface area is 198 Å². The number of phosphoric acid groups is 1. The first-order valence-corrected chi connectivity index (χ1v) is 11.7. The van der Waals surface area contributed by atoms with E-state index in [9.17, 15) is 19.9 Å². The van der Waals surface area contributed by atoms with Crippen LogP contribution < -0.4 is 14.8 Å². The minimum absolute atomic E-state index is 0.0222. The highest BCUT2D eigenvalue weighted by Gasteiger charge is 2.45. The van der Waals surface area contributed by atoms with Crippen LogP contribution >= 0.6 is 7.82 Å². The van der Waals surface area contributed by atoms with Crippen molar-refractivity contribution in [1.29, 1.82) is 0 Å². The number of ether oxygens (including phenoxy) is 3. The molecule has 35 heavy (non-hydrogen) atoms. The molecule has 15 nitrogen and oxygen atoms in total. The number of nitrogens with zero attached hydrogens (tertiary/aromatic N) is 4. The third kappa shape index (κ3) is 5.16. The lowest BCUT2D eigenvalue weighted by Gasteiger charge is -2.16. The Bertz CT molecular complexity index is 1250. The highest BCUT2D eigenvalue weighted by atomic mass is 31.2. The van der Waals surface area contributed by atoms with Gasteiger partial charge in [0.1, 0.15) is 30.4 Å². The second-order valence-electron chi connectivity index (χ2n) is 7.57. The minimum atomic E-state index is -4.79. The normalized spacial score (nSPS) is 22.5. The summed E-state index contributed by atoms with van der Waals surface area (Å²) in [7, 11) is -1.85. The van der Waals surface area contributed by atoms with E-state index in [4.69, 9.17) is 24.0 Å². The average molecular weight is 513 g/mol. The SMILES string of the molecule is COc1cc(O)c(CNc2ncnc3c2ncn3[C@@H]2O[C@H](COP(=O)(O)O)[C@@H](O)[C@H]2O)cc1OC. The highest BCUT2D eigenvalue weighted by Crippen LogP contribution is 2.39. The van der Waals surface area contributed by atoms with Gasteiger partial charge in [0.05, 0.1) is 27.2 Å². The van der Waals surface area contributed by atoms with Crippen molar-refractivity contribution in [2.75, 3.05) is 26.1 Å². The third-order valence-electron chi connectivity index (χ3n) is 5.41. The Kier molecular flexibility index (Phi) is 7.10. The number of nitrogens with one attached hydrogen (secondary N) is 1. The van der Waals surface area contributed by atoms with Crippen molar-refractivity contribution in [1.82, 2.24) is 19.5 Å². The van der Waals surface area contributed by atoms with E-state index < -0.39 is 39.0 Å². The average Bonchev–Trinajstić information content (AvgIpc) is 3.37. The third-order valence-corrected chi connectivity index (χ3v) is 5.89. The van der Waals surface area contributed by atoms with Crippen LogP contribution in [0.15, 0.2) is 24.8 Å².